The van der Waals surface area contributed by atoms with Gasteiger partial charge in [-0.05, 0) is 30.0 Å². The van der Waals surface area contributed by atoms with Crippen LogP contribution in [0.5, 0.6) is 0 Å². The first-order valence-electron chi connectivity index (χ1n) is 6.41. The summed E-state index contributed by atoms with van der Waals surface area (Å²) in [7, 11) is 0. The summed E-state index contributed by atoms with van der Waals surface area (Å²) in [6.45, 7) is 2.10. The summed E-state index contributed by atoms with van der Waals surface area (Å²) >= 11 is 0. The van der Waals surface area contributed by atoms with Gasteiger partial charge in [-0.2, -0.15) is 0 Å². The Hall–Kier alpha value is -2.41. The smallest absolute Gasteiger partial charge is 0.0708 e. The van der Waals surface area contributed by atoms with Crippen LogP contribution in [0.4, 0.5) is 0 Å². The molecule has 0 saturated carbocycles. The zero-order valence-corrected chi connectivity index (χ0v) is 10.9. The van der Waals surface area contributed by atoms with E-state index in [2.05, 4.69) is 66.5 Å². The van der Waals surface area contributed by atoms with E-state index in [0.29, 0.717) is 0 Å². The molecule has 92 valence electrons. The maximum atomic E-state index is 4.45. The van der Waals surface area contributed by atoms with Crippen LogP contribution in [0.2, 0.25) is 0 Å². The van der Waals surface area contributed by atoms with Gasteiger partial charge in [0.1, 0.15) is 0 Å². The van der Waals surface area contributed by atoms with Crippen LogP contribution in [0.15, 0.2) is 60.8 Å². The molecule has 0 N–H and O–H groups in total. The third kappa shape index (κ3) is 2.55. The molecule has 1 heterocycles. The van der Waals surface area contributed by atoms with Gasteiger partial charge in [-0.1, -0.05) is 60.2 Å². The molecular formula is C18H15N. The molecule has 3 aromatic rings. The first-order chi connectivity index (χ1) is 9.33. The van der Waals surface area contributed by atoms with Crippen molar-refractivity contribution in [3.63, 3.8) is 0 Å². The van der Waals surface area contributed by atoms with Gasteiger partial charge < -0.3 is 0 Å². The summed E-state index contributed by atoms with van der Waals surface area (Å²) in [4.78, 5) is 4.45. The van der Waals surface area contributed by atoms with Gasteiger partial charge in [0.2, 0.25) is 0 Å². The Kier molecular flexibility index (Phi) is 3.11. The Morgan fingerprint density at radius 3 is 2.47 bits per heavy atom. The van der Waals surface area contributed by atoms with Crippen molar-refractivity contribution in [2.24, 2.45) is 0 Å². The van der Waals surface area contributed by atoms with Crippen LogP contribution in [-0.2, 0) is 0 Å². The second kappa shape index (κ2) is 5.07. The predicted molar refractivity (Wildman–Crippen MR) is 81.9 cm³/mol. The SMILES string of the molecule is Cc1ccc(/C=C/c2nccc3ccccc23)cc1. The number of pyridine rings is 1. The Labute approximate surface area is 113 Å². The lowest BCUT2D eigenvalue weighted by molar-refractivity contribution is 1.33. The monoisotopic (exact) mass is 245 g/mol. The molecule has 0 aliphatic rings. The average Bonchev–Trinajstić information content (AvgIpc) is 2.47. The summed E-state index contributed by atoms with van der Waals surface area (Å²) < 4.78 is 0. The molecule has 0 aliphatic carbocycles. The minimum Gasteiger partial charge on any atom is -0.256 e. The van der Waals surface area contributed by atoms with Crippen LogP contribution >= 0.6 is 0 Å². The van der Waals surface area contributed by atoms with E-state index in [4.69, 9.17) is 0 Å². The zero-order valence-electron chi connectivity index (χ0n) is 10.9. The van der Waals surface area contributed by atoms with E-state index in [1.165, 1.54) is 21.9 Å². The lowest BCUT2D eigenvalue weighted by atomic mass is 10.1. The van der Waals surface area contributed by atoms with Crippen LogP contribution < -0.4 is 0 Å². The molecular weight excluding hydrogens is 230 g/mol. The minimum atomic E-state index is 1.01. The lowest BCUT2D eigenvalue weighted by Crippen LogP contribution is -1.83. The number of rotatable bonds is 2. The summed E-state index contributed by atoms with van der Waals surface area (Å²) in [5.41, 5.74) is 3.49. The van der Waals surface area contributed by atoms with Crippen molar-refractivity contribution in [2.45, 2.75) is 6.92 Å². The summed E-state index contributed by atoms with van der Waals surface area (Å²) in [6.07, 6.45) is 6.04. The standard InChI is InChI=1S/C18H15N/c1-14-6-8-15(9-7-14)10-11-18-17-5-3-2-4-16(17)12-13-19-18/h2-13H,1H3/b11-10+. The Morgan fingerprint density at radius 2 is 1.63 bits per heavy atom. The Bertz CT molecular complexity index is 719. The average molecular weight is 245 g/mol. The molecule has 0 amide bonds. The molecule has 0 spiro atoms. The van der Waals surface area contributed by atoms with Crippen molar-refractivity contribution in [3.8, 4) is 0 Å². The van der Waals surface area contributed by atoms with Crippen molar-refractivity contribution in [1.29, 1.82) is 0 Å². The molecule has 0 saturated heterocycles. The fourth-order valence-electron chi connectivity index (χ4n) is 2.13. The number of aryl methyl sites for hydroxylation is 1. The van der Waals surface area contributed by atoms with Crippen LogP contribution in [-0.4, -0.2) is 4.98 Å². The van der Waals surface area contributed by atoms with E-state index in [-0.39, 0.29) is 0 Å². The highest BCUT2D eigenvalue weighted by Gasteiger charge is 1.97. The van der Waals surface area contributed by atoms with E-state index in [1.54, 1.807) is 0 Å². The van der Waals surface area contributed by atoms with Gasteiger partial charge in [-0.25, -0.2) is 0 Å². The summed E-state index contributed by atoms with van der Waals surface area (Å²) in [6, 6.07) is 18.8. The molecule has 1 heteroatoms. The topological polar surface area (TPSA) is 12.9 Å². The van der Waals surface area contributed by atoms with Gasteiger partial charge in [0.05, 0.1) is 5.69 Å². The highest BCUT2D eigenvalue weighted by Crippen LogP contribution is 2.18. The van der Waals surface area contributed by atoms with Crippen molar-refractivity contribution in [2.75, 3.05) is 0 Å². The fraction of sp³-hybridized carbons (Fsp3) is 0.0556. The van der Waals surface area contributed by atoms with Crippen molar-refractivity contribution < 1.29 is 0 Å². The van der Waals surface area contributed by atoms with Crippen LogP contribution in [0.1, 0.15) is 16.8 Å². The molecule has 2 aromatic carbocycles. The number of hydrogen-bond donors (Lipinski definition) is 0. The molecule has 19 heavy (non-hydrogen) atoms. The van der Waals surface area contributed by atoms with E-state index in [0.717, 1.165) is 5.69 Å². The van der Waals surface area contributed by atoms with Crippen molar-refractivity contribution >= 4 is 22.9 Å². The highest BCUT2D eigenvalue weighted by atomic mass is 14.7. The molecule has 0 fully saturated rings. The number of nitrogens with zero attached hydrogens (tertiary/aromatic N) is 1. The van der Waals surface area contributed by atoms with Crippen LogP contribution in [0, 0.1) is 6.92 Å². The fourth-order valence-corrected chi connectivity index (χ4v) is 2.13. The van der Waals surface area contributed by atoms with E-state index in [1.807, 2.05) is 18.3 Å². The molecule has 3 rings (SSSR count). The van der Waals surface area contributed by atoms with Gasteiger partial charge in [-0.15, -0.1) is 0 Å². The van der Waals surface area contributed by atoms with Crippen LogP contribution in [0.3, 0.4) is 0 Å². The minimum absolute atomic E-state index is 1.01. The van der Waals surface area contributed by atoms with Crippen molar-refractivity contribution in [1.82, 2.24) is 4.98 Å². The van der Waals surface area contributed by atoms with Crippen LogP contribution in [0.25, 0.3) is 22.9 Å². The zero-order chi connectivity index (χ0) is 13.1. The van der Waals surface area contributed by atoms with Gasteiger partial charge in [0.25, 0.3) is 0 Å². The van der Waals surface area contributed by atoms with Gasteiger partial charge in [-0.3, -0.25) is 4.98 Å². The first kappa shape index (κ1) is 11.7. The third-order valence-corrected chi connectivity index (χ3v) is 3.22. The summed E-state index contributed by atoms with van der Waals surface area (Å²) in [5.74, 6) is 0. The normalized spacial score (nSPS) is 11.2. The second-order valence-electron chi connectivity index (χ2n) is 4.66. The molecule has 0 bridgehead atoms. The van der Waals surface area contributed by atoms with E-state index in [9.17, 15) is 0 Å². The maximum Gasteiger partial charge on any atom is 0.0708 e. The molecule has 0 atom stereocenters. The highest BCUT2D eigenvalue weighted by molar-refractivity contribution is 5.90. The van der Waals surface area contributed by atoms with E-state index < -0.39 is 0 Å². The van der Waals surface area contributed by atoms with E-state index >= 15 is 0 Å². The van der Waals surface area contributed by atoms with Gasteiger partial charge in [0, 0.05) is 11.6 Å². The quantitative estimate of drug-likeness (QED) is 0.637. The van der Waals surface area contributed by atoms with Gasteiger partial charge in [0.15, 0.2) is 0 Å². The number of benzene rings is 2. The Balaban J connectivity index is 1.99. The third-order valence-electron chi connectivity index (χ3n) is 3.22. The summed E-state index contributed by atoms with van der Waals surface area (Å²) in [5, 5.41) is 2.41. The molecule has 1 nitrogen and oxygen atoms in total. The Morgan fingerprint density at radius 1 is 0.842 bits per heavy atom. The largest absolute Gasteiger partial charge is 0.256 e. The second-order valence-corrected chi connectivity index (χ2v) is 4.66. The number of hydrogen-bond acceptors (Lipinski definition) is 1. The maximum absolute atomic E-state index is 4.45. The molecule has 0 unspecified atom stereocenters. The number of aromatic nitrogens is 1. The van der Waals surface area contributed by atoms with Crippen molar-refractivity contribution in [3.05, 3.63) is 77.6 Å². The molecule has 0 aliphatic heterocycles. The first-order valence-corrected chi connectivity index (χ1v) is 6.41. The lowest BCUT2D eigenvalue weighted by Gasteiger charge is -2.01. The number of fused-ring (bicyclic) bond motifs is 1. The predicted octanol–water partition coefficient (Wildman–Crippen LogP) is 4.71. The molecule has 1 aromatic heterocycles. The van der Waals surface area contributed by atoms with Gasteiger partial charge >= 0.3 is 0 Å². The molecule has 0 radical (unpaired) electrons.